The standard InChI is InChI=1S/C32H32N6O2/c39-29(37-27-7-1-5-25(21-27)31-33-17-3-18-34-31)15-13-23-9-11-24(12-10-23)14-16-30(40)38-28-8-2-6-26(22-28)32-35-19-4-20-36-32/h1-2,5-16,21-22H,3-4,17-20H2,(H,33,34)(H,35,36)(H,37,39)(H,38,40). The number of hydrogen-bond donors (Lipinski definition) is 4. The molecule has 0 unspecified atom stereocenters. The van der Waals surface area contributed by atoms with Crippen LogP contribution < -0.4 is 21.3 Å². The maximum atomic E-state index is 12.5. The summed E-state index contributed by atoms with van der Waals surface area (Å²) < 4.78 is 0. The molecule has 8 heteroatoms. The Morgan fingerprint density at radius 2 is 1.10 bits per heavy atom. The lowest BCUT2D eigenvalue weighted by atomic mass is 10.1. The molecule has 0 saturated heterocycles. The number of amides is 2. The third-order valence-electron chi connectivity index (χ3n) is 6.39. The molecular formula is C32H32N6O2. The van der Waals surface area contributed by atoms with Gasteiger partial charge in [0.25, 0.3) is 0 Å². The molecule has 40 heavy (non-hydrogen) atoms. The van der Waals surface area contributed by atoms with Gasteiger partial charge in [0.2, 0.25) is 11.8 Å². The Labute approximate surface area is 234 Å². The van der Waals surface area contributed by atoms with Gasteiger partial charge in [-0.25, -0.2) is 0 Å². The van der Waals surface area contributed by atoms with Gasteiger partial charge < -0.3 is 21.3 Å². The maximum Gasteiger partial charge on any atom is 0.248 e. The first-order valence-electron chi connectivity index (χ1n) is 13.5. The second-order valence-electron chi connectivity index (χ2n) is 9.49. The van der Waals surface area contributed by atoms with Gasteiger partial charge in [0, 0.05) is 60.8 Å². The van der Waals surface area contributed by atoms with Crippen molar-refractivity contribution >= 4 is 47.0 Å². The number of aliphatic imine (C=N–C) groups is 2. The van der Waals surface area contributed by atoms with Crippen LogP contribution in [0.1, 0.15) is 35.1 Å². The van der Waals surface area contributed by atoms with Gasteiger partial charge in [-0.15, -0.1) is 0 Å². The number of nitrogens with one attached hydrogen (secondary N) is 4. The molecule has 2 amide bonds. The molecule has 0 bridgehead atoms. The largest absolute Gasteiger partial charge is 0.370 e. The molecule has 5 rings (SSSR count). The van der Waals surface area contributed by atoms with E-state index in [-0.39, 0.29) is 11.8 Å². The first-order valence-corrected chi connectivity index (χ1v) is 13.5. The van der Waals surface area contributed by atoms with Crippen LogP contribution in [0.5, 0.6) is 0 Å². The highest BCUT2D eigenvalue weighted by Gasteiger charge is 2.09. The number of rotatable bonds is 8. The van der Waals surface area contributed by atoms with Gasteiger partial charge >= 0.3 is 0 Å². The molecule has 2 aliphatic rings. The van der Waals surface area contributed by atoms with Crippen molar-refractivity contribution in [2.75, 3.05) is 36.8 Å². The molecule has 0 saturated carbocycles. The Morgan fingerprint density at radius 1 is 0.650 bits per heavy atom. The van der Waals surface area contributed by atoms with Gasteiger partial charge in [-0.2, -0.15) is 0 Å². The minimum Gasteiger partial charge on any atom is -0.370 e. The lowest BCUT2D eigenvalue weighted by Crippen LogP contribution is -2.30. The summed E-state index contributed by atoms with van der Waals surface area (Å²) in [5.41, 5.74) is 5.10. The minimum absolute atomic E-state index is 0.216. The smallest absolute Gasteiger partial charge is 0.248 e. The Balaban J connectivity index is 1.13. The zero-order valence-corrected chi connectivity index (χ0v) is 22.2. The SMILES string of the molecule is O=C(C=Cc1ccc(C=CC(=O)Nc2cccc(C3=NCCCN3)c2)cc1)Nc1cccc(C2=NCCCN2)c1. The lowest BCUT2D eigenvalue weighted by Gasteiger charge is -2.15. The van der Waals surface area contributed by atoms with E-state index in [1.165, 1.54) is 12.2 Å². The highest BCUT2D eigenvalue weighted by Crippen LogP contribution is 2.15. The molecule has 0 radical (unpaired) electrons. The molecule has 8 nitrogen and oxygen atoms in total. The minimum atomic E-state index is -0.216. The number of anilines is 2. The van der Waals surface area contributed by atoms with Crippen molar-refractivity contribution in [1.82, 2.24) is 10.6 Å². The summed E-state index contributed by atoms with van der Waals surface area (Å²) in [5.74, 6) is 1.29. The van der Waals surface area contributed by atoms with Crippen molar-refractivity contribution in [3.05, 3.63) is 107 Å². The monoisotopic (exact) mass is 532 g/mol. The van der Waals surface area contributed by atoms with Crippen molar-refractivity contribution in [2.45, 2.75) is 12.8 Å². The molecule has 0 fully saturated rings. The second kappa shape index (κ2) is 13.2. The maximum absolute atomic E-state index is 12.5. The van der Waals surface area contributed by atoms with Crippen LogP contribution in [0.3, 0.4) is 0 Å². The Bertz CT molecular complexity index is 1370. The fraction of sp³-hybridized carbons (Fsp3) is 0.188. The summed E-state index contributed by atoms with van der Waals surface area (Å²) in [6.45, 7) is 3.44. The summed E-state index contributed by atoms with van der Waals surface area (Å²) in [6, 6.07) is 22.9. The van der Waals surface area contributed by atoms with Gasteiger partial charge in [0.1, 0.15) is 11.7 Å². The molecule has 3 aromatic carbocycles. The highest BCUT2D eigenvalue weighted by molar-refractivity contribution is 6.05. The van der Waals surface area contributed by atoms with E-state index in [0.717, 1.165) is 72.9 Å². The zero-order chi connectivity index (χ0) is 27.6. The van der Waals surface area contributed by atoms with Crippen LogP contribution in [0.4, 0.5) is 11.4 Å². The summed E-state index contributed by atoms with van der Waals surface area (Å²) in [5, 5.41) is 12.4. The molecule has 0 aliphatic carbocycles. The van der Waals surface area contributed by atoms with Crippen LogP contribution in [0.25, 0.3) is 12.2 Å². The third-order valence-corrected chi connectivity index (χ3v) is 6.39. The molecule has 2 aliphatic heterocycles. The molecule has 0 atom stereocenters. The third kappa shape index (κ3) is 7.54. The van der Waals surface area contributed by atoms with E-state index < -0.39 is 0 Å². The molecule has 4 N–H and O–H groups in total. The number of carbonyl (C=O) groups is 2. The molecule has 2 heterocycles. The van der Waals surface area contributed by atoms with E-state index in [0.29, 0.717) is 11.4 Å². The van der Waals surface area contributed by atoms with Gasteiger partial charge in [0.05, 0.1) is 0 Å². The van der Waals surface area contributed by atoms with Gasteiger partial charge in [0.15, 0.2) is 0 Å². The lowest BCUT2D eigenvalue weighted by molar-refractivity contribution is -0.112. The number of benzene rings is 3. The van der Waals surface area contributed by atoms with Crippen LogP contribution in [0.2, 0.25) is 0 Å². The van der Waals surface area contributed by atoms with Crippen LogP contribution in [0, 0.1) is 0 Å². The number of nitrogens with zero attached hydrogens (tertiary/aromatic N) is 2. The van der Waals surface area contributed by atoms with Crippen molar-refractivity contribution < 1.29 is 9.59 Å². The highest BCUT2D eigenvalue weighted by atomic mass is 16.2. The molecule has 3 aromatic rings. The van der Waals surface area contributed by atoms with Crippen molar-refractivity contribution in [3.8, 4) is 0 Å². The number of amidine groups is 2. The van der Waals surface area contributed by atoms with E-state index in [1.54, 1.807) is 12.2 Å². The van der Waals surface area contributed by atoms with Gasteiger partial charge in [-0.1, -0.05) is 48.5 Å². The fourth-order valence-corrected chi connectivity index (χ4v) is 4.37. The summed E-state index contributed by atoms with van der Waals surface area (Å²) in [4.78, 5) is 34.0. The number of hydrogen-bond acceptors (Lipinski definition) is 6. The zero-order valence-electron chi connectivity index (χ0n) is 22.2. The summed E-state index contributed by atoms with van der Waals surface area (Å²) >= 11 is 0. The van der Waals surface area contributed by atoms with E-state index >= 15 is 0 Å². The van der Waals surface area contributed by atoms with Crippen molar-refractivity contribution in [2.24, 2.45) is 9.98 Å². The Hall–Kier alpha value is -4.98. The molecule has 202 valence electrons. The van der Waals surface area contributed by atoms with E-state index in [4.69, 9.17) is 0 Å². The van der Waals surface area contributed by atoms with Crippen LogP contribution >= 0.6 is 0 Å². The van der Waals surface area contributed by atoms with Crippen LogP contribution in [-0.2, 0) is 9.59 Å². The van der Waals surface area contributed by atoms with E-state index in [9.17, 15) is 9.59 Å². The van der Waals surface area contributed by atoms with Crippen molar-refractivity contribution in [3.63, 3.8) is 0 Å². The van der Waals surface area contributed by atoms with Crippen LogP contribution in [-0.4, -0.2) is 49.7 Å². The average molecular weight is 533 g/mol. The summed E-state index contributed by atoms with van der Waals surface area (Å²) in [6.07, 6.45) is 8.58. The van der Waals surface area contributed by atoms with Crippen molar-refractivity contribution in [1.29, 1.82) is 0 Å². The van der Waals surface area contributed by atoms with Gasteiger partial charge in [-0.05, 0) is 60.4 Å². The molecule has 0 spiro atoms. The predicted octanol–water partition coefficient (Wildman–Crippen LogP) is 4.47. The second-order valence-corrected chi connectivity index (χ2v) is 9.49. The topological polar surface area (TPSA) is 107 Å². The molecular weight excluding hydrogens is 500 g/mol. The quantitative estimate of drug-likeness (QED) is 0.321. The fourth-order valence-electron chi connectivity index (χ4n) is 4.37. The van der Waals surface area contributed by atoms with E-state index in [2.05, 4.69) is 31.3 Å². The predicted molar refractivity (Wildman–Crippen MR) is 163 cm³/mol. The Morgan fingerprint density at radius 3 is 1.50 bits per heavy atom. The summed E-state index contributed by atoms with van der Waals surface area (Å²) in [7, 11) is 0. The van der Waals surface area contributed by atoms with Gasteiger partial charge in [-0.3, -0.25) is 19.6 Å². The van der Waals surface area contributed by atoms with Crippen LogP contribution in [0.15, 0.2) is 94.9 Å². The first-order chi connectivity index (χ1) is 19.6. The van der Waals surface area contributed by atoms with E-state index in [1.807, 2.05) is 72.8 Å². The molecule has 0 aromatic heterocycles. The Kier molecular flexibility index (Phi) is 8.78. The average Bonchev–Trinajstić information content (AvgIpc) is 3.01. The normalized spacial score (nSPS) is 15.1. The first kappa shape index (κ1) is 26.6. The number of carbonyl (C=O) groups excluding carboxylic acids is 2.